The minimum absolute atomic E-state index is 0.0580. The molecule has 0 saturated carbocycles. The molecule has 0 aromatic heterocycles. The Morgan fingerprint density at radius 1 is 0.950 bits per heavy atom. The summed E-state index contributed by atoms with van der Waals surface area (Å²) in [5, 5.41) is -0.0338. The highest BCUT2D eigenvalue weighted by molar-refractivity contribution is 7.86. The third-order valence-electron chi connectivity index (χ3n) is 2.42. The van der Waals surface area contributed by atoms with Crippen molar-refractivity contribution in [2.24, 2.45) is 0 Å². The van der Waals surface area contributed by atoms with Gasteiger partial charge in [-0.25, -0.2) is 0 Å². The topological polar surface area (TPSA) is 80.8 Å². The maximum absolute atomic E-state index is 12.0. The predicted octanol–water partition coefficient (Wildman–Crippen LogP) is 2.42. The molecule has 1 fully saturated rings. The summed E-state index contributed by atoms with van der Waals surface area (Å²) in [5.41, 5.74) is 0. The van der Waals surface area contributed by atoms with Crippen molar-refractivity contribution in [3.8, 4) is 0 Å². The van der Waals surface area contributed by atoms with E-state index in [4.69, 9.17) is 34.8 Å². The molecule has 0 N–H and O–H groups in total. The van der Waals surface area contributed by atoms with E-state index in [9.17, 15) is 18.0 Å². The van der Waals surface area contributed by atoms with Crippen LogP contribution in [0.5, 0.6) is 0 Å². The highest BCUT2D eigenvalue weighted by Gasteiger charge is 2.36. The van der Waals surface area contributed by atoms with Crippen LogP contribution in [0.25, 0.3) is 0 Å². The molecule has 0 bridgehead atoms. The van der Waals surface area contributed by atoms with Crippen LogP contribution in [0.3, 0.4) is 0 Å². The van der Waals surface area contributed by atoms with E-state index in [0.717, 1.165) is 12.1 Å². The molecule has 20 heavy (non-hydrogen) atoms. The molecule has 2 amide bonds. The molecular weight excluding hydrogens is 353 g/mol. The summed E-state index contributed by atoms with van der Waals surface area (Å²) in [4.78, 5) is 22.2. The Morgan fingerprint density at radius 3 is 2.00 bits per heavy atom. The molecule has 2 rings (SSSR count). The van der Waals surface area contributed by atoms with E-state index < -0.39 is 26.8 Å². The van der Waals surface area contributed by atoms with Gasteiger partial charge in [0.2, 0.25) is 0 Å². The fourth-order valence-corrected chi connectivity index (χ4v) is 3.37. The first-order chi connectivity index (χ1) is 9.22. The summed E-state index contributed by atoms with van der Waals surface area (Å²) >= 11 is 17.1. The van der Waals surface area contributed by atoms with Gasteiger partial charge >= 0.3 is 10.1 Å². The summed E-state index contributed by atoms with van der Waals surface area (Å²) in [5.74, 6) is -1.48. The smallest absolute Gasteiger partial charge is 0.272 e. The minimum atomic E-state index is -4.47. The molecular formula is C10H6Cl3NO5S. The second kappa shape index (κ2) is 5.50. The molecule has 0 spiro atoms. The Balaban J connectivity index is 2.39. The van der Waals surface area contributed by atoms with E-state index in [1.54, 1.807) is 0 Å². The number of hydrogen-bond acceptors (Lipinski definition) is 5. The second-order valence-corrected chi connectivity index (χ2v) is 6.53. The molecule has 0 aliphatic carbocycles. The molecule has 1 heterocycles. The largest absolute Gasteiger partial charge is 0.319 e. The predicted molar refractivity (Wildman–Crippen MR) is 70.8 cm³/mol. The van der Waals surface area contributed by atoms with Gasteiger partial charge in [-0.1, -0.05) is 34.8 Å². The second-order valence-electron chi connectivity index (χ2n) is 3.81. The lowest BCUT2D eigenvalue weighted by atomic mass is 10.4. The number of halogens is 3. The fourth-order valence-electron chi connectivity index (χ4n) is 1.47. The summed E-state index contributed by atoms with van der Waals surface area (Å²) in [6.45, 7) is 0. The molecule has 0 atom stereocenters. The van der Waals surface area contributed by atoms with Crippen molar-refractivity contribution < 1.29 is 22.3 Å². The Hall–Kier alpha value is -0.860. The lowest BCUT2D eigenvalue weighted by molar-refractivity contribution is -0.163. The van der Waals surface area contributed by atoms with Gasteiger partial charge in [0, 0.05) is 12.8 Å². The highest BCUT2D eigenvalue weighted by atomic mass is 35.5. The first-order valence-corrected chi connectivity index (χ1v) is 7.71. The molecule has 108 valence electrons. The molecule has 10 heteroatoms. The number of hydrogen-bond donors (Lipinski definition) is 0. The van der Waals surface area contributed by atoms with Crippen LogP contribution in [0.4, 0.5) is 0 Å². The van der Waals surface area contributed by atoms with Crippen LogP contribution in [0, 0.1) is 0 Å². The van der Waals surface area contributed by atoms with E-state index >= 15 is 0 Å². The highest BCUT2D eigenvalue weighted by Crippen LogP contribution is 2.33. The maximum Gasteiger partial charge on any atom is 0.319 e. The number of rotatable bonds is 3. The lowest BCUT2D eigenvalue weighted by Crippen LogP contribution is -2.32. The Labute approximate surface area is 129 Å². The zero-order valence-electron chi connectivity index (χ0n) is 9.60. The summed E-state index contributed by atoms with van der Waals surface area (Å²) in [6.07, 6.45) is -0.215. The van der Waals surface area contributed by atoms with Gasteiger partial charge in [-0.2, -0.15) is 8.42 Å². The van der Waals surface area contributed by atoms with Crippen LogP contribution < -0.4 is 0 Å². The lowest BCUT2D eigenvalue weighted by Gasteiger charge is -2.14. The monoisotopic (exact) mass is 357 g/mol. The maximum atomic E-state index is 12.0. The van der Waals surface area contributed by atoms with E-state index in [-0.39, 0.29) is 33.0 Å². The van der Waals surface area contributed by atoms with Crippen molar-refractivity contribution in [1.82, 2.24) is 5.06 Å². The fraction of sp³-hybridized carbons (Fsp3) is 0.200. The van der Waals surface area contributed by atoms with E-state index in [0.29, 0.717) is 0 Å². The van der Waals surface area contributed by atoms with Crippen LogP contribution >= 0.6 is 34.8 Å². The van der Waals surface area contributed by atoms with Gasteiger partial charge in [0.25, 0.3) is 11.8 Å². The summed E-state index contributed by atoms with van der Waals surface area (Å²) in [6, 6.07) is 2.10. The van der Waals surface area contributed by atoms with E-state index in [1.807, 2.05) is 0 Å². The summed E-state index contributed by atoms with van der Waals surface area (Å²) in [7, 11) is -4.47. The van der Waals surface area contributed by atoms with Crippen LogP contribution in [0.2, 0.25) is 15.1 Å². The molecule has 1 aromatic carbocycles. The van der Waals surface area contributed by atoms with Gasteiger partial charge in [-0.05, 0) is 12.1 Å². The van der Waals surface area contributed by atoms with Gasteiger partial charge in [-0.15, -0.1) is 9.35 Å². The molecule has 1 aliphatic heterocycles. The van der Waals surface area contributed by atoms with Gasteiger partial charge in [0.1, 0.15) is 4.90 Å². The zero-order valence-corrected chi connectivity index (χ0v) is 12.7. The Kier molecular flexibility index (Phi) is 4.27. The molecule has 1 aliphatic rings. The van der Waals surface area contributed by atoms with Crippen molar-refractivity contribution in [1.29, 1.82) is 0 Å². The number of hydroxylamine groups is 2. The number of nitrogens with zero attached hydrogens (tertiary/aromatic N) is 1. The minimum Gasteiger partial charge on any atom is -0.272 e. The van der Waals surface area contributed by atoms with Crippen molar-refractivity contribution in [3.05, 3.63) is 27.2 Å². The van der Waals surface area contributed by atoms with E-state index in [1.165, 1.54) is 0 Å². The van der Waals surface area contributed by atoms with Crippen LogP contribution in [0.15, 0.2) is 17.0 Å². The van der Waals surface area contributed by atoms with Gasteiger partial charge in [0.15, 0.2) is 0 Å². The number of carbonyl (C=O) groups is 2. The zero-order chi connectivity index (χ0) is 15.1. The van der Waals surface area contributed by atoms with Crippen LogP contribution in [0.1, 0.15) is 12.8 Å². The van der Waals surface area contributed by atoms with Gasteiger partial charge < -0.3 is 0 Å². The van der Waals surface area contributed by atoms with Crippen LogP contribution in [-0.2, 0) is 24.0 Å². The summed E-state index contributed by atoms with van der Waals surface area (Å²) < 4.78 is 28.5. The van der Waals surface area contributed by atoms with Crippen LogP contribution in [-0.4, -0.2) is 25.3 Å². The number of amides is 2. The molecule has 1 saturated heterocycles. The third kappa shape index (κ3) is 2.91. The molecule has 6 nitrogen and oxygen atoms in total. The van der Waals surface area contributed by atoms with Gasteiger partial charge in [-0.3, -0.25) is 9.59 Å². The molecule has 0 unspecified atom stereocenters. The van der Waals surface area contributed by atoms with Gasteiger partial charge in [0.05, 0.1) is 15.1 Å². The first-order valence-electron chi connectivity index (χ1n) is 5.17. The normalized spacial score (nSPS) is 16.1. The van der Waals surface area contributed by atoms with Crippen molar-refractivity contribution in [2.45, 2.75) is 17.7 Å². The van der Waals surface area contributed by atoms with Crippen molar-refractivity contribution in [2.75, 3.05) is 0 Å². The number of imide groups is 1. The average molecular weight is 359 g/mol. The first kappa shape index (κ1) is 15.5. The number of carbonyl (C=O) groups excluding carboxylic acids is 2. The Morgan fingerprint density at radius 2 is 1.45 bits per heavy atom. The number of benzene rings is 1. The Bertz CT molecular complexity index is 687. The van der Waals surface area contributed by atoms with Crippen molar-refractivity contribution in [3.63, 3.8) is 0 Å². The SMILES string of the molecule is O=C1CCC(=O)N1OS(=O)(=O)c1cc(Cl)c(Cl)cc1Cl. The molecule has 1 aromatic rings. The molecule has 0 radical (unpaired) electrons. The standard InChI is InChI=1S/C10H6Cl3NO5S/c11-5-3-7(13)8(4-6(5)12)20(17,18)19-14-9(15)1-2-10(14)16/h3-4H,1-2H2. The quantitative estimate of drug-likeness (QED) is 0.612. The van der Waals surface area contributed by atoms with Crippen molar-refractivity contribution >= 4 is 56.7 Å². The third-order valence-corrected chi connectivity index (χ3v) is 4.79. The average Bonchev–Trinajstić information content (AvgIpc) is 2.65. The van der Waals surface area contributed by atoms with E-state index in [2.05, 4.69) is 4.28 Å².